The standard InChI is InChI=1S/C17H23NO5/c1-12-5-4-6-13(2)15(12)23-9-14(19)18-8-7-17(10-18,11-22-3)16(20)21/h4-6H,7-11H2,1-3H3,(H,20,21). The highest BCUT2D eigenvalue weighted by Gasteiger charge is 2.46. The third-order valence-electron chi connectivity index (χ3n) is 4.33. The average Bonchev–Trinajstić information content (AvgIpc) is 2.93. The molecule has 1 N–H and O–H groups in total. The van der Waals surface area contributed by atoms with Crippen LogP contribution in [0.25, 0.3) is 0 Å². The number of methoxy groups -OCH3 is 1. The Hall–Kier alpha value is -2.08. The van der Waals surface area contributed by atoms with Gasteiger partial charge in [0.15, 0.2) is 6.61 Å². The summed E-state index contributed by atoms with van der Waals surface area (Å²) in [6.07, 6.45) is 0.394. The molecule has 1 saturated heterocycles. The minimum atomic E-state index is -1.01. The molecule has 0 spiro atoms. The number of aliphatic carboxylic acids is 1. The number of carboxylic acids is 1. The van der Waals surface area contributed by atoms with Crippen LogP contribution in [0.15, 0.2) is 18.2 Å². The van der Waals surface area contributed by atoms with E-state index in [1.165, 1.54) is 7.11 Å². The first-order valence-corrected chi connectivity index (χ1v) is 7.59. The number of aryl methyl sites for hydroxylation is 2. The number of benzene rings is 1. The summed E-state index contributed by atoms with van der Waals surface area (Å²) in [6, 6.07) is 5.79. The molecule has 1 aromatic rings. The predicted octanol–water partition coefficient (Wildman–Crippen LogP) is 1.63. The van der Waals surface area contributed by atoms with E-state index in [1.807, 2.05) is 32.0 Å². The number of likely N-dealkylation sites (tertiary alicyclic amines) is 1. The van der Waals surface area contributed by atoms with E-state index in [1.54, 1.807) is 4.90 Å². The maximum absolute atomic E-state index is 12.3. The van der Waals surface area contributed by atoms with Crippen molar-refractivity contribution >= 4 is 11.9 Å². The van der Waals surface area contributed by atoms with E-state index >= 15 is 0 Å². The minimum absolute atomic E-state index is 0.0889. The van der Waals surface area contributed by atoms with Crippen LogP contribution < -0.4 is 4.74 Å². The summed E-state index contributed by atoms with van der Waals surface area (Å²) in [5.74, 6) is -0.418. The summed E-state index contributed by atoms with van der Waals surface area (Å²) in [7, 11) is 1.47. The van der Waals surface area contributed by atoms with Crippen molar-refractivity contribution in [1.82, 2.24) is 4.90 Å². The van der Waals surface area contributed by atoms with Gasteiger partial charge in [0.05, 0.1) is 6.61 Å². The number of para-hydroxylation sites is 1. The number of amides is 1. The van der Waals surface area contributed by atoms with Crippen molar-refractivity contribution in [2.45, 2.75) is 20.3 Å². The van der Waals surface area contributed by atoms with Gasteiger partial charge in [0, 0.05) is 20.2 Å². The third-order valence-corrected chi connectivity index (χ3v) is 4.33. The first kappa shape index (κ1) is 17.3. The Morgan fingerprint density at radius 3 is 2.52 bits per heavy atom. The molecule has 6 heteroatoms. The predicted molar refractivity (Wildman–Crippen MR) is 84.6 cm³/mol. The number of ether oxygens (including phenoxy) is 2. The molecule has 1 heterocycles. The molecule has 1 fully saturated rings. The van der Waals surface area contributed by atoms with Gasteiger partial charge in [-0.2, -0.15) is 0 Å². The molecule has 1 aliphatic rings. The zero-order valence-corrected chi connectivity index (χ0v) is 13.8. The highest BCUT2D eigenvalue weighted by molar-refractivity contribution is 5.81. The molecule has 1 aromatic carbocycles. The van der Waals surface area contributed by atoms with Gasteiger partial charge in [-0.15, -0.1) is 0 Å². The van der Waals surface area contributed by atoms with E-state index in [0.717, 1.165) is 11.1 Å². The Morgan fingerprint density at radius 2 is 1.96 bits per heavy atom. The van der Waals surface area contributed by atoms with Gasteiger partial charge < -0.3 is 19.5 Å². The van der Waals surface area contributed by atoms with Gasteiger partial charge >= 0.3 is 5.97 Å². The molecule has 0 aliphatic carbocycles. The summed E-state index contributed by atoms with van der Waals surface area (Å²) in [5, 5.41) is 9.43. The largest absolute Gasteiger partial charge is 0.483 e. The minimum Gasteiger partial charge on any atom is -0.483 e. The van der Waals surface area contributed by atoms with E-state index in [0.29, 0.717) is 18.7 Å². The highest BCUT2D eigenvalue weighted by atomic mass is 16.5. The van der Waals surface area contributed by atoms with E-state index < -0.39 is 11.4 Å². The number of hydrogen-bond donors (Lipinski definition) is 1. The van der Waals surface area contributed by atoms with Crippen molar-refractivity contribution in [2.24, 2.45) is 5.41 Å². The van der Waals surface area contributed by atoms with Gasteiger partial charge in [-0.3, -0.25) is 9.59 Å². The quantitative estimate of drug-likeness (QED) is 0.862. The van der Waals surface area contributed by atoms with E-state index in [9.17, 15) is 14.7 Å². The van der Waals surface area contributed by atoms with Crippen LogP contribution in [0.5, 0.6) is 5.75 Å². The number of carbonyl (C=O) groups is 2. The number of nitrogens with zero attached hydrogens (tertiary/aromatic N) is 1. The summed E-state index contributed by atoms with van der Waals surface area (Å²) in [6.45, 7) is 4.43. The van der Waals surface area contributed by atoms with Crippen LogP contribution in [0.3, 0.4) is 0 Å². The second kappa shape index (κ2) is 7.00. The lowest BCUT2D eigenvalue weighted by Crippen LogP contribution is -2.41. The summed E-state index contributed by atoms with van der Waals surface area (Å²) >= 11 is 0. The molecule has 6 nitrogen and oxygen atoms in total. The smallest absolute Gasteiger partial charge is 0.313 e. The first-order valence-electron chi connectivity index (χ1n) is 7.59. The first-order chi connectivity index (χ1) is 10.9. The molecule has 23 heavy (non-hydrogen) atoms. The van der Waals surface area contributed by atoms with Gasteiger partial charge in [-0.25, -0.2) is 0 Å². The maximum Gasteiger partial charge on any atom is 0.313 e. The van der Waals surface area contributed by atoms with Crippen LogP contribution in [-0.2, 0) is 14.3 Å². The van der Waals surface area contributed by atoms with Crippen molar-refractivity contribution in [3.8, 4) is 5.75 Å². The fourth-order valence-corrected chi connectivity index (χ4v) is 2.97. The van der Waals surface area contributed by atoms with Gasteiger partial charge in [-0.05, 0) is 31.4 Å². The summed E-state index contributed by atoms with van der Waals surface area (Å²) < 4.78 is 10.7. The van der Waals surface area contributed by atoms with Crippen LogP contribution in [0, 0.1) is 19.3 Å². The lowest BCUT2D eigenvalue weighted by Gasteiger charge is -2.24. The number of carboxylic acid groups (broad SMARTS) is 1. The maximum atomic E-state index is 12.3. The lowest BCUT2D eigenvalue weighted by molar-refractivity contribution is -0.151. The number of rotatable bonds is 6. The SMILES string of the molecule is COCC1(C(=O)O)CCN(C(=O)COc2c(C)cccc2C)C1. The lowest BCUT2D eigenvalue weighted by atomic mass is 9.88. The fourth-order valence-electron chi connectivity index (χ4n) is 2.97. The highest BCUT2D eigenvalue weighted by Crippen LogP contribution is 2.31. The molecule has 0 saturated carbocycles. The zero-order chi connectivity index (χ0) is 17.0. The van der Waals surface area contributed by atoms with E-state index in [-0.39, 0.29) is 25.7 Å². The van der Waals surface area contributed by atoms with Crippen LogP contribution in [0.4, 0.5) is 0 Å². The molecule has 1 unspecified atom stereocenters. The van der Waals surface area contributed by atoms with Crippen LogP contribution in [0.1, 0.15) is 17.5 Å². The average molecular weight is 321 g/mol. The van der Waals surface area contributed by atoms with Crippen molar-refractivity contribution in [2.75, 3.05) is 33.4 Å². The fraction of sp³-hybridized carbons (Fsp3) is 0.529. The Labute approximate surface area is 136 Å². The molecule has 0 aromatic heterocycles. The Bertz CT molecular complexity index is 580. The van der Waals surface area contributed by atoms with Crippen molar-refractivity contribution in [3.05, 3.63) is 29.3 Å². The van der Waals surface area contributed by atoms with Gasteiger partial charge in [0.2, 0.25) is 0 Å². The number of hydrogen-bond acceptors (Lipinski definition) is 4. The Morgan fingerprint density at radius 1 is 1.30 bits per heavy atom. The van der Waals surface area contributed by atoms with Crippen molar-refractivity contribution < 1.29 is 24.2 Å². The van der Waals surface area contributed by atoms with Gasteiger partial charge in [0.1, 0.15) is 11.2 Å². The summed E-state index contributed by atoms with van der Waals surface area (Å²) in [4.78, 5) is 25.4. The van der Waals surface area contributed by atoms with E-state index in [4.69, 9.17) is 9.47 Å². The van der Waals surface area contributed by atoms with Crippen molar-refractivity contribution in [1.29, 1.82) is 0 Å². The van der Waals surface area contributed by atoms with Gasteiger partial charge in [-0.1, -0.05) is 18.2 Å². The van der Waals surface area contributed by atoms with Crippen LogP contribution in [0.2, 0.25) is 0 Å². The summed E-state index contributed by atoms with van der Waals surface area (Å²) in [5.41, 5.74) is 0.931. The molecule has 1 aliphatic heterocycles. The normalized spacial score (nSPS) is 20.6. The molecule has 2 rings (SSSR count). The molecular formula is C17H23NO5. The molecular weight excluding hydrogens is 298 g/mol. The Kier molecular flexibility index (Phi) is 5.26. The molecule has 0 radical (unpaired) electrons. The molecule has 0 bridgehead atoms. The van der Waals surface area contributed by atoms with E-state index in [2.05, 4.69) is 0 Å². The number of carbonyl (C=O) groups excluding carboxylic acids is 1. The van der Waals surface area contributed by atoms with Crippen LogP contribution in [-0.4, -0.2) is 55.3 Å². The zero-order valence-electron chi connectivity index (χ0n) is 13.8. The topological polar surface area (TPSA) is 76.1 Å². The molecule has 1 atom stereocenters. The van der Waals surface area contributed by atoms with Crippen molar-refractivity contribution in [3.63, 3.8) is 0 Å². The third kappa shape index (κ3) is 3.64. The molecule has 1 amide bonds. The Balaban J connectivity index is 1.99. The van der Waals surface area contributed by atoms with Gasteiger partial charge in [0.25, 0.3) is 5.91 Å². The molecule has 126 valence electrons. The second-order valence-corrected chi connectivity index (χ2v) is 6.09. The second-order valence-electron chi connectivity index (χ2n) is 6.09. The van der Waals surface area contributed by atoms with Crippen LogP contribution >= 0.6 is 0 Å². The monoisotopic (exact) mass is 321 g/mol.